The van der Waals surface area contributed by atoms with Crippen LogP contribution in [0.4, 0.5) is 0 Å². The van der Waals surface area contributed by atoms with E-state index in [1.54, 1.807) is 0 Å². The summed E-state index contributed by atoms with van der Waals surface area (Å²) in [5, 5.41) is 9.25. The summed E-state index contributed by atoms with van der Waals surface area (Å²) < 4.78 is 0. The van der Waals surface area contributed by atoms with Crippen molar-refractivity contribution in [3.8, 4) is 0 Å². The molecule has 0 aromatic carbocycles. The third-order valence-corrected chi connectivity index (χ3v) is 1.67. The fraction of sp³-hybridized carbons (Fsp3) is 0.143. The summed E-state index contributed by atoms with van der Waals surface area (Å²) in [6, 6.07) is 0. The van der Waals surface area contributed by atoms with E-state index in [-0.39, 0.29) is 23.2 Å². The molecule has 0 radical (unpaired) electrons. The van der Waals surface area contributed by atoms with Crippen molar-refractivity contribution in [2.75, 3.05) is 0 Å². The van der Waals surface area contributed by atoms with Gasteiger partial charge >= 0.3 is 0 Å². The van der Waals surface area contributed by atoms with Crippen molar-refractivity contribution in [2.45, 2.75) is 6.92 Å². The Hall–Kier alpha value is -2.18. The highest BCUT2D eigenvalue weighted by molar-refractivity contribution is 6.73. The van der Waals surface area contributed by atoms with Crippen LogP contribution in [-0.4, -0.2) is 35.0 Å². The number of aliphatic imine (C=N–C) groups is 3. The molecule has 14 heavy (non-hydrogen) atoms. The Morgan fingerprint density at radius 2 is 1.93 bits per heavy atom. The van der Waals surface area contributed by atoms with Crippen LogP contribution in [0.3, 0.4) is 0 Å². The highest BCUT2D eigenvalue weighted by Crippen LogP contribution is 2.03. The Bertz CT molecular complexity index is 457. The number of rotatable bonds is 0. The van der Waals surface area contributed by atoms with E-state index in [1.165, 1.54) is 6.92 Å². The summed E-state index contributed by atoms with van der Waals surface area (Å²) >= 11 is 0. The molecule has 0 atom stereocenters. The predicted molar refractivity (Wildman–Crippen MR) is 48.9 cm³/mol. The van der Waals surface area contributed by atoms with Crippen molar-refractivity contribution in [1.29, 1.82) is 5.41 Å². The minimum atomic E-state index is -0.621. The molecule has 2 amide bonds. The molecule has 70 valence electrons. The number of nitrogens with one attached hydrogen (secondary N) is 2. The van der Waals surface area contributed by atoms with Gasteiger partial charge in [0.2, 0.25) is 5.96 Å². The molecule has 0 aromatic rings. The predicted octanol–water partition coefficient (Wildman–Crippen LogP) is -1.11. The number of carbonyl (C=O) groups excluding carboxylic acids is 2. The fourth-order valence-corrected chi connectivity index (χ4v) is 1.02. The lowest BCUT2D eigenvalue weighted by Crippen LogP contribution is -2.45. The molecule has 2 rings (SSSR count). The van der Waals surface area contributed by atoms with Crippen LogP contribution >= 0.6 is 0 Å². The maximum absolute atomic E-state index is 11.2. The first-order chi connectivity index (χ1) is 6.58. The highest BCUT2D eigenvalue weighted by Gasteiger charge is 2.29. The Kier molecular flexibility index (Phi) is 1.60. The zero-order chi connectivity index (χ0) is 10.3. The Balaban J connectivity index is 2.56. The number of guanidine groups is 1. The molecule has 0 unspecified atom stereocenters. The molecule has 0 fully saturated rings. The molecule has 0 saturated carbocycles. The maximum atomic E-state index is 11.2. The van der Waals surface area contributed by atoms with E-state index in [1.807, 2.05) is 0 Å². The molecule has 2 aliphatic heterocycles. The standard InChI is InChI=1S/C7H5N5O2/c1-2-5(13)10-3-4(9-2)11-7(8)12-6(3)14/h1H3,(H2,8,12,14). The lowest BCUT2D eigenvalue weighted by Gasteiger charge is -2.14. The third kappa shape index (κ3) is 1.15. The Labute approximate surface area is 78.2 Å². The minimum absolute atomic E-state index is 0.0239. The van der Waals surface area contributed by atoms with Gasteiger partial charge in [-0.15, -0.1) is 0 Å². The van der Waals surface area contributed by atoms with E-state index >= 15 is 0 Å². The summed E-state index contributed by atoms with van der Waals surface area (Å²) in [5.74, 6) is -1.45. The number of hydrogen-bond acceptors (Lipinski definition) is 4. The molecule has 0 spiro atoms. The molecule has 7 heteroatoms. The average Bonchev–Trinajstić information content (AvgIpc) is 2.08. The first-order valence-electron chi connectivity index (χ1n) is 3.75. The molecule has 2 aliphatic rings. The van der Waals surface area contributed by atoms with E-state index in [4.69, 9.17) is 5.41 Å². The lowest BCUT2D eigenvalue weighted by molar-refractivity contribution is -0.115. The highest BCUT2D eigenvalue weighted by atomic mass is 16.2. The molecule has 7 nitrogen and oxygen atoms in total. The monoisotopic (exact) mass is 191 g/mol. The van der Waals surface area contributed by atoms with Crippen molar-refractivity contribution < 1.29 is 9.59 Å². The summed E-state index contributed by atoms with van der Waals surface area (Å²) in [6.07, 6.45) is 0. The maximum Gasteiger partial charge on any atom is 0.292 e. The van der Waals surface area contributed by atoms with Crippen molar-refractivity contribution >= 4 is 35.0 Å². The first-order valence-corrected chi connectivity index (χ1v) is 3.75. The lowest BCUT2D eigenvalue weighted by atomic mass is 10.2. The number of carbonyl (C=O) groups is 2. The van der Waals surface area contributed by atoms with E-state index in [0.29, 0.717) is 0 Å². The van der Waals surface area contributed by atoms with Crippen LogP contribution in [-0.2, 0) is 9.59 Å². The van der Waals surface area contributed by atoms with E-state index < -0.39 is 11.8 Å². The molecule has 0 aromatic heterocycles. The number of nitrogens with zero attached hydrogens (tertiary/aromatic N) is 3. The number of fused-ring (bicyclic) bond motifs is 1. The molecular weight excluding hydrogens is 186 g/mol. The molecule has 0 saturated heterocycles. The fourth-order valence-electron chi connectivity index (χ4n) is 1.02. The topological polar surface area (TPSA) is 107 Å². The van der Waals surface area contributed by atoms with Crippen molar-refractivity contribution in [1.82, 2.24) is 5.32 Å². The summed E-state index contributed by atoms with van der Waals surface area (Å²) in [7, 11) is 0. The number of amides is 2. The van der Waals surface area contributed by atoms with Crippen LogP contribution in [0.15, 0.2) is 15.0 Å². The van der Waals surface area contributed by atoms with Crippen LogP contribution in [0.1, 0.15) is 6.92 Å². The van der Waals surface area contributed by atoms with Crippen molar-refractivity contribution in [3.63, 3.8) is 0 Å². The van der Waals surface area contributed by atoms with Gasteiger partial charge in [0.15, 0.2) is 11.5 Å². The smallest absolute Gasteiger partial charge is 0.289 e. The van der Waals surface area contributed by atoms with Gasteiger partial charge < -0.3 is 0 Å². The van der Waals surface area contributed by atoms with Gasteiger partial charge in [0.25, 0.3) is 11.8 Å². The van der Waals surface area contributed by atoms with Gasteiger partial charge in [-0.25, -0.2) is 4.99 Å². The van der Waals surface area contributed by atoms with Gasteiger partial charge in [-0.05, 0) is 6.92 Å². The molecule has 0 bridgehead atoms. The quantitative estimate of drug-likeness (QED) is 0.506. The Morgan fingerprint density at radius 1 is 1.21 bits per heavy atom. The largest absolute Gasteiger partial charge is 0.292 e. The second-order valence-electron chi connectivity index (χ2n) is 2.70. The Morgan fingerprint density at radius 3 is 2.64 bits per heavy atom. The SMILES string of the molecule is CC1=NC2=NC(=N)NC(=O)C2=NC1=O. The second-order valence-corrected chi connectivity index (χ2v) is 2.70. The zero-order valence-electron chi connectivity index (χ0n) is 7.16. The van der Waals surface area contributed by atoms with Crippen LogP contribution in [0.5, 0.6) is 0 Å². The molecular formula is C7H5N5O2. The van der Waals surface area contributed by atoms with Gasteiger partial charge in [-0.1, -0.05) is 0 Å². The van der Waals surface area contributed by atoms with E-state index in [0.717, 1.165) is 0 Å². The van der Waals surface area contributed by atoms with Gasteiger partial charge in [0.1, 0.15) is 5.71 Å². The number of hydrogen-bond donors (Lipinski definition) is 2. The van der Waals surface area contributed by atoms with Gasteiger partial charge in [-0.3, -0.25) is 20.3 Å². The second kappa shape index (κ2) is 2.66. The van der Waals surface area contributed by atoms with Gasteiger partial charge in [-0.2, -0.15) is 9.98 Å². The van der Waals surface area contributed by atoms with Crippen molar-refractivity contribution in [2.24, 2.45) is 15.0 Å². The molecule has 0 aliphatic carbocycles. The number of amidine groups is 1. The van der Waals surface area contributed by atoms with Gasteiger partial charge in [0.05, 0.1) is 0 Å². The van der Waals surface area contributed by atoms with Crippen LogP contribution < -0.4 is 5.32 Å². The van der Waals surface area contributed by atoms with E-state index in [2.05, 4.69) is 20.3 Å². The van der Waals surface area contributed by atoms with E-state index in [9.17, 15) is 9.59 Å². The van der Waals surface area contributed by atoms with Crippen LogP contribution in [0, 0.1) is 5.41 Å². The summed E-state index contributed by atoms with van der Waals surface area (Å²) in [6.45, 7) is 1.47. The van der Waals surface area contributed by atoms with Crippen LogP contribution in [0.25, 0.3) is 0 Å². The van der Waals surface area contributed by atoms with Crippen LogP contribution in [0.2, 0.25) is 0 Å². The minimum Gasteiger partial charge on any atom is -0.289 e. The van der Waals surface area contributed by atoms with Crippen molar-refractivity contribution in [3.05, 3.63) is 0 Å². The summed E-state index contributed by atoms with van der Waals surface area (Å²) in [5.41, 5.74) is 0.0339. The van der Waals surface area contributed by atoms with Gasteiger partial charge in [0, 0.05) is 0 Å². The molecule has 2 N–H and O–H groups in total. The third-order valence-electron chi connectivity index (χ3n) is 1.67. The molecule has 2 heterocycles. The normalized spacial score (nSPS) is 20.6. The first kappa shape index (κ1) is 8.42. The average molecular weight is 191 g/mol. The summed E-state index contributed by atoms with van der Waals surface area (Å²) in [4.78, 5) is 33.2. The zero-order valence-corrected chi connectivity index (χ0v) is 7.16.